The van der Waals surface area contributed by atoms with Gasteiger partial charge in [0.1, 0.15) is 12.6 Å². The predicted octanol–water partition coefficient (Wildman–Crippen LogP) is 5.69. The minimum Gasteiger partial charge on any atom is -0.354 e. The number of halogens is 2. The van der Waals surface area contributed by atoms with Gasteiger partial charge in [-0.15, -0.1) is 0 Å². The molecule has 1 atom stereocenters. The van der Waals surface area contributed by atoms with Crippen LogP contribution in [0.25, 0.3) is 0 Å². The summed E-state index contributed by atoms with van der Waals surface area (Å²) in [7, 11) is -4.16. The van der Waals surface area contributed by atoms with Crippen LogP contribution in [0.1, 0.15) is 31.9 Å². The predicted molar refractivity (Wildman–Crippen MR) is 156 cm³/mol. The molecule has 0 heterocycles. The molecule has 208 valence electrons. The van der Waals surface area contributed by atoms with Gasteiger partial charge < -0.3 is 10.2 Å². The smallest absolute Gasteiger partial charge is 0.264 e. The summed E-state index contributed by atoms with van der Waals surface area (Å²) in [6.45, 7) is 7.32. The molecule has 0 radical (unpaired) electrons. The minimum atomic E-state index is -4.16. The molecule has 0 saturated heterocycles. The van der Waals surface area contributed by atoms with Gasteiger partial charge in [-0.2, -0.15) is 0 Å². The number of hydrogen-bond donors (Lipinski definition) is 1. The van der Waals surface area contributed by atoms with Crippen molar-refractivity contribution in [3.05, 3.63) is 94.0 Å². The number of benzene rings is 3. The molecule has 10 heteroatoms. The van der Waals surface area contributed by atoms with E-state index in [4.69, 9.17) is 23.2 Å². The molecule has 39 heavy (non-hydrogen) atoms. The highest BCUT2D eigenvalue weighted by Gasteiger charge is 2.33. The quantitative estimate of drug-likeness (QED) is 0.311. The molecule has 2 amide bonds. The summed E-state index contributed by atoms with van der Waals surface area (Å²) < 4.78 is 28.8. The fourth-order valence-electron chi connectivity index (χ4n) is 3.91. The van der Waals surface area contributed by atoms with Gasteiger partial charge in [0.15, 0.2) is 0 Å². The van der Waals surface area contributed by atoms with E-state index < -0.39 is 28.5 Å². The molecule has 3 rings (SSSR count). The third kappa shape index (κ3) is 7.97. The maximum Gasteiger partial charge on any atom is 0.264 e. The minimum absolute atomic E-state index is 0.0316. The van der Waals surface area contributed by atoms with Crippen molar-refractivity contribution >= 4 is 50.7 Å². The molecule has 0 spiro atoms. The number of aryl methyl sites for hydroxylation is 1. The van der Waals surface area contributed by atoms with Crippen LogP contribution in [0.5, 0.6) is 0 Å². The van der Waals surface area contributed by atoms with Crippen LogP contribution in [0, 0.1) is 12.8 Å². The lowest BCUT2D eigenvalue weighted by Crippen LogP contribution is -2.51. The fourth-order valence-corrected chi connectivity index (χ4v) is 5.69. The first-order valence-corrected chi connectivity index (χ1v) is 14.7. The van der Waals surface area contributed by atoms with Gasteiger partial charge in [-0.3, -0.25) is 13.9 Å². The van der Waals surface area contributed by atoms with Gasteiger partial charge in [-0.1, -0.05) is 73.4 Å². The van der Waals surface area contributed by atoms with Gasteiger partial charge in [-0.25, -0.2) is 8.42 Å². The van der Waals surface area contributed by atoms with Crippen molar-refractivity contribution in [2.75, 3.05) is 17.4 Å². The number of nitrogens with one attached hydrogen (secondary N) is 1. The highest BCUT2D eigenvalue weighted by atomic mass is 35.5. The Morgan fingerprint density at radius 3 is 2.13 bits per heavy atom. The molecule has 7 nitrogen and oxygen atoms in total. The molecule has 0 aromatic heterocycles. The highest BCUT2D eigenvalue weighted by Crippen LogP contribution is 2.30. The molecule has 0 bridgehead atoms. The van der Waals surface area contributed by atoms with Gasteiger partial charge >= 0.3 is 0 Å². The molecule has 3 aromatic carbocycles. The monoisotopic (exact) mass is 589 g/mol. The van der Waals surface area contributed by atoms with E-state index in [0.29, 0.717) is 22.2 Å². The van der Waals surface area contributed by atoms with Crippen LogP contribution in [0.4, 0.5) is 5.69 Å². The number of carbonyl (C=O) groups excluding carboxylic acids is 2. The van der Waals surface area contributed by atoms with Crippen LogP contribution in [0.15, 0.2) is 77.7 Å². The van der Waals surface area contributed by atoms with E-state index in [1.54, 1.807) is 68.4 Å². The van der Waals surface area contributed by atoms with Crippen molar-refractivity contribution in [1.29, 1.82) is 0 Å². The Kier molecular flexibility index (Phi) is 10.4. The molecule has 0 unspecified atom stereocenters. The molecular weight excluding hydrogens is 557 g/mol. The summed E-state index contributed by atoms with van der Waals surface area (Å²) in [6.07, 6.45) is 0. The lowest BCUT2D eigenvalue weighted by Gasteiger charge is -2.32. The zero-order valence-corrected chi connectivity index (χ0v) is 24.7. The van der Waals surface area contributed by atoms with Crippen molar-refractivity contribution in [1.82, 2.24) is 10.2 Å². The van der Waals surface area contributed by atoms with Gasteiger partial charge in [-0.05, 0) is 67.3 Å². The molecule has 1 N–H and O–H groups in total. The second-order valence-corrected chi connectivity index (χ2v) is 12.5. The lowest BCUT2D eigenvalue weighted by molar-refractivity contribution is -0.139. The van der Waals surface area contributed by atoms with E-state index in [0.717, 1.165) is 9.87 Å². The second kappa shape index (κ2) is 13.3. The summed E-state index contributed by atoms with van der Waals surface area (Å²) in [4.78, 5) is 28.4. The van der Waals surface area contributed by atoms with Crippen LogP contribution in [0.3, 0.4) is 0 Å². The average Bonchev–Trinajstić information content (AvgIpc) is 2.91. The van der Waals surface area contributed by atoms with Gasteiger partial charge in [0.25, 0.3) is 10.0 Å². The Morgan fingerprint density at radius 1 is 0.897 bits per heavy atom. The molecule has 0 aliphatic rings. The number of nitrogens with zero attached hydrogens (tertiary/aromatic N) is 2. The van der Waals surface area contributed by atoms with E-state index in [-0.39, 0.29) is 29.0 Å². The summed E-state index contributed by atoms with van der Waals surface area (Å²) >= 11 is 12.3. The van der Waals surface area contributed by atoms with E-state index in [1.807, 2.05) is 13.8 Å². The topological polar surface area (TPSA) is 86.8 Å². The first-order valence-electron chi connectivity index (χ1n) is 12.6. The molecule has 0 aliphatic heterocycles. The first-order chi connectivity index (χ1) is 18.4. The Hall–Kier alpha value is -3.07. The summed E-state index contributed by atoms with van der Waals surface area (Å²) in [5.74, 6) is -0.655. The first kappa shape index (κ1) is 30.5. The zero-order chi connectivity index (χ0) is 28.7. The zero-order valence-electron chi connectivity index (χ0n) is 22.4. The van der Waals surface area contributed by atoms with E-state index in [2.05, 4.69) is 5.32 Å². The SMILES string of the molecule is Cc1ccc(Cl)cc1N(CC(=O)N(Cc1ccc(Cl)cc1)[C@@H](C)C(=O)NCC(C)C)S(=O)(=O)c1ccccc1. The number of sulfonamides is 1. The second-order valence-electron chi connectivity index (χ2n) is 9.72. The van der Waals surface area contributed by atoms with E-state index in [9.17, 15) is 18.0 Å². The third-order valence-electron chi connectivity index (χ3n) is 6.17. The maximum atomic E-state index is 13.9. The van der Waals surface area contributed by atoms with Crippen molar-refractivity contribution in [3.8, 4) is 0 Å². The summed E-state index contributed by atoms with van der Waals surface area (Å²) in [5.41, 5.74) is 1.65. The molecule has 0 saturated carbocycles. The summed E-state index contributed by atoms with van der Waals surface area (Å²) in [5, 5.41) is 3.73. The lowest BCUT2D eigenvalue weighted by atomic mass is 10.1. The van der Waals surface area contributed by atoms with Crippen LogP contribution in [-0.2, 0) is 26.2 Å². The molecule has 0 aliphatic carbocycles. The molecule has 3 aromatic rings. The normalized spacial score (nSPS) is 12.2. The van der Waals surface area contributed by atoms with Crippen LogP contribution < -0.4 is 9.62 Å². The van der Waals surface area contributed by atoms with Crippen molar-refractivity contribution in [2.24, 2.45) is 5.92 Å². The fraction of sp³-hybridized carbons (Fsp3) is 0.310. The number of amides is 2. The van der Waals surface area contributed by atoms with Crippen LogP contribution >= 0.6 is 23.2 Å². The average molecular weight is 591 g/mol. The van der Waals surface area contributed by atoms with Gasteiger partial charge in [0, 0.05) is 23.1 Å². The van der Waals surface area contributed by atoms with E-state index >= 15 is 0 Å². The van der Waals surface area contributed by atoms with Crippen molar-refractivity contribution in [2.45, 2.75) is 45.2 Å². The van der Waals surface area contributed by atoms with Crippen LogP contribution in [0.2, 0.25) is 10.0 Å². The van der Waals surface area contributed by atoms with Crippen molar-refractivity contribution in [3.63, 3.8) is 0 Å². The van der Waals surface area contributed by atoms with Crippen molar-refractivity contribution < 1.29 is 18.0 Å². The highest BCUT2D eigenvalue weighted by molar-refractivity contribution is 7.92. The van der Waals surface area contributed by atoms with Crippen LogP contribution in [-0.4, -0.2) is 44.3 Å². The molecule has 0 fully saturated rings. The summed E-state index contributed by atoms with van der Waals surface area (Å²) in [6, 6.07) is 18.8. The van der Waals surface area contributed by atoms with Gasteiger partial charge in [0.2, 0.25) is 11.8 Å². The third-order valence-corrected chi connectivity index (χ3v) is 8.43. The Morgan fingerprint density at radius 2 is 1.51 bits per heavy atom. The maximum absolute atomic E-state index is 13.9. The Bertz CT molecular complexity index is 1400. The standard InChI is InChI=1S/C29H33Cl2N3O4S/c1-20(2)17-32-29(36)22(4)33(18-23-11-14-24(30)15-12-23)28(35)19-34(27-16-25(31)13-10-21(27)3)39(37,38)26-8-6-5-7-9-26/h5-16,20,22H,17-19H2,1-4H3,(H,32,36)/t22-/m0/s1. The number of carbonyl (C=O) groups is 2. The molecular formula is C29H33Cl2N3O4S. The number of rotatable bonds is 11. The number of hydrogen-bond acceptors (Lipinski definition) is 4. The van der Waals surface area contributed by atoms with E-state index in [1.165, 1.54) is 23.1 Å². The Labute approximate surface area is 240 Å². The van der Waals surface area contributed by atoms with Gasteiger partial charge in [0.05, 0.1) is 10.6 Å². The largest absolute Gasteiger partial charge is 0.354 e. The Balaban J connectivity index is 2.03. The number of anilines is 1.